The van der Waals surface area contributed by atoms with Crippen LogP contribution in [0.1, 0.15) is 46.7 Å². The molecule has 2 aromatic rings. The highest BCUT2D eigenvalue weighted by molar-refractivity contribution is 7.09. The van der Waals surface area contributed by atoms with Crippen LogP contribution in [-0.2, 0) is 12.7 Å². The average molecular weight is 511 g/mol. The van der Waals surface area contributed by atoms with Crippen molar-refractivity contribution in [1.29, 1.82) is 5.41 Å². The number of carbonyl (C=O) groups excluding carboxylic acids is 1. The topological polar surface area (TPSA) is 77.9 Å². The standard InChI is InChI=1S/C20H17ClF6N4OS/c21-12-6-5-10(19(22,23)24)7-14(12)31-18(32)15-9-33-16(30-15)8-29-13-4-2-1-3-11(13)17(28)20(25,26)27/h5-7,9,28-29H,1-4,8H2,(H,31,32). The first-order valence-corrected chi connectivity index (χ1v) is 10.9. The summed E-state index contributed by atoms with van der Waals surface area (Å²) in [4.78, 5) is 16.5. The monoisotopic (exact) mass is 510 g/mol. The van der Waals surface area contributed by atoms with E-state index in [1.54, 1.807) is 0 Å². The maximum absolute atomic E-state index is 12.9. The van der Waals surface area contributed by atoms with E-state index in [2.05, 4.69) is 15.6 Å². The summed E-state index contributed by atoms with van der Waals surface area (Å²) in [6.45, 7) is 0.0340. The Morgan fingerprint density at radius 3 is 2.52 bits per heavy atom. The minimum absolute atomic E-state index is 0.0340. The molecule has 0 radical (unpaired) electrons. The quantitative estimate of drug-likeness (QED) is 0.304. The summed E-state index contributed by atoms with van der Waals surface area (Å²) in [7, 11) is 0. The SMILES string of the molecule is N=C(C1=C(NCc2nc(C(=O)Nc3cc(C(F)(F)F)ccc3Cl)cs2)CCCC1)C(F)(F)F. The number of allylic oxidation sites excluding steroid dienone is 2. The number of hydrogen-bond acceptors (Lipinski definition) is 5. The van der Waals surface area contributed by atoms with Crippen molar-refractivity contribution in [2.24, 2.45) is 0 Å². The molecule has 3 N–H and O–H groups in total. The molecule has 3 rings (SSSR count). The van der Waals surface area contributed by atoms with Gasteiger partial charge < -0.3 is 10.6 Å². The van der Waals surface area contributed by atoms with Gasteiger partial charge in [0, 0.05) is 16.7 Å². The Balaban J connectivity index is 1.69. The minimum atomic E-state index is -4.74. The molecule has 1 amide bonds. The number of nitrogens with zero attached hydrogens (tertiary/aromatic N) is 1. The number of aromatic nitrogens is 1. The first-order valence-electron chi connectivity index (χ1n) is 9.60. The maximum atomic E-state index is 12.9. The number of anilines is 1. The highest BCUT2D eigenvalue weighted by Gasteiger charge is 2.38. The predicted octanol–water partition coefficient (Wildman–Crippen LogP) is 6.57. The number of thiazole rings is 1. The highest BCUT2D eigenvalue weighted by atomic mass is 35.5. The molecule has 1 aromatic carbocycles. The van der Waals surface area contributed by atoms with Crippen molar-refractivity contribution in [2.75, 3.05) is 5.32 Å². The second-order valence-corrected chi connectivity index (χ2v) is 8.51. The third kappa shape index (κ3) is 6.26. The van der Waals surface area contributed by atoms with Gasteiger partial charge in [0.25, 0.3) is 5.91 Å². The summed E-state index contributed by atoms with van der Waals surface area (Å²) in [5.74, 6) is -0.782. The predicted molar refractivity (Wildman–Crippen MR) is 113 cm³/mol. The fourth-order valence-corrected chi connectivity index (χ4v) is 4.09. The highest BCUT2D eigenvalue weighted by Crippen LogP contribution is 2.34. The van der Waals surface area contributed by atoms with Gasteiger partial charge in [0.2, 0.25) is 0 Å². The molecule has 0 spiro atoms. The fraction of sp³-hybridized carbons (Fsp3) is 0.350. The molecule has 33 heavy (non-hydrogen) atoms. The molecule has 0 unspecified atom stereocenters. The van der Waals surface area contributed by atoms with Crippen LogP contribution in [0.3, 0.4) is 0 Å². The number of hydrogen-bond donors (Lipinski definition) is 3. The van der Waals surface area contributed by atoms with Crippen LogP contribution in [0.4, 0.5) is 32.0 Å². The molecule has 5 nitrogen and oxygen atoms in total. The molecule has 0 saturated carbocycles. The molecule has 178 valence electrons. The van der Waals surface area contributed by atoms with Gasteiger partial charge in [-0.2, -0.15) is 26.3 Å². The number of halogens is 7. The van der Waals surface area contributed by atoms with E-state index in [-0.39, 0.29) is 34.9 Å². The summed E-state index contributed by atoms with van der Waals surface area (Å²) in [5, 5.41) is 14.3. The number of nitrogens with one attached hydrogen (secondary N) is 3. The molecule has 0 aliphatic heterocycles. The average Bonchev–Trinajstić information content (AvgIpc) is 3.21. The third-order valence-corrected chi connectivity index (χ3v) is 6.01. The summed E-state index contributed by atoms with van der Waals surface area (Å²) < 4.78 is 77.5. The van der Waals surface area contributed by atoms with Gasteiger partial charge in [-0.3, -0.25) is 10.2 Å². The van der Waals surface area contributed by atoms with Gasteiger partial charge >= 0.3 is 12.4 Å². The van der Waals surface area contributed by atoms with Gasteiger partial charge in [-0.05, 0) is 43.9 Å². The lowest BCUT2D eigenvalue weighted by molar-refractivity contribution is -0.137. The zero-order valence-corrected chi connectivity index (χ0v) is 18.3. The van der Waals surface area contributed by atoms with Gasteiger partial charge in [-0.1, -0.05) is 11.6 Å². The molecule has 0 bridgehead atoms. The first-order chi connectivity index (χ1) is 15.4. The van der Waals surface area contributed by atoms with Crippen molar-refractivity contribution < 1.29 is 31.1 Å². The molecular formula is C20H17ClF6N4OS. The molecule has 1 aliphatic carbocycles. The Bertz CT molecular complexity index is 1090. The van der Waals surface area contributed by atoms with Crippen LogP contribution in [0.15, 0.2) is 34.8 Å². The minimum Gasteiger partial charge on any atom is -0.382 e. The van der Waals surface area contributed by atoms with Gasteiger partial charge in [0.05, 0.1) is 22.8 Å². The van der Waals surface area contributed by atoms with Crippen molar-refractivity contribution in [3.63, 3.8) is 0 Å². The van der Waals surface area contributed by atoms with Crippen LogP contribution in [0, 0.1) is 5.41 Å². The Morgan fingerprint density at radius 2 is 1.85 bits per heavy atom. The number of rotatable bonds is 6. The Morgan fingerprint density at radius 1 is 1.15 bits per heavy atom. The summed E-state index contributed by atoms with van der Waals surface area (Å²) >= 11 is 6.94. The van der Waals surface area contributed by atoms with E-state index < -0.39 is 29.5 Å². The summed E-state index contributed by atoms with van der Waals surface area (Å²) in [6.07, 6.45) is -7.61. The van der Waals surface area contributed by atoms with Gasteiger partial charge in [-0.15, -0.1) is 11.3 Å². The van der Waals surface area contributed by atoms with Crippen molar-refractivity contribution in [3.05, 3.63) is 56.1 Å². The zero-order valence-electron chi connectivity index (χ0n) is 16.8. The van der Waals surface area contributed by atoms with Crippen LogP contribution in [0.2, 0.25) is 5.02 Å². The van der Waals surface area contributed by atoms with Crippen LogP contribution >= 0.6 is 22.9 Å². The smallest absolute Gasteiger partial charge is 0.382 e. The number of alkyl halides is 6. The van der Waals surface area contributed by atoms with E-state index in [4.69, 9.17) is 17.0 Å². The molecule has 0 atom stereocenters. The maximum Gasteiger partial charge on any atom is 0.432 e. The van der Waals surface area contributed by atoms with E-state index in [9.17, 15) is 31.1 Å². The van der Waals surface area contributed by atoms with Crippen LogP contribution in [-0.4, -0.2) is 22.8 Å². The lowest BCUT2D eigenvalue weighted by Crippen LogP contribution is -2.29. The Hall–Kier alpha value is -2.60. The Kier molecular flexibility index (Phi) is 7.37. The van der Waals surface area contributed by atoms with Crippen LogP contribution < -0.4 is 10.6 Å². The van der Waals surface area contributed by atoms with Crippen molar-refractivity contribution in [2.45, 2.75) is 44.6 Å². The molecule has 1 aromatic heterocycles. The van der Waals surface area contributed by atoms with Crippen molar-refractivity contribution >= 4 is 40.2 Å². The molecule has 0 saturated heterocycles. The summed E-state index contributed by atoms with van der Waals surface area (Å²) in [6, 6.07) is 2.52. The van der Waals surface area contributed by atoms with E-state index >= 15 is 0 Å². The zero-order chi connectivity index (χ0) is 24.4. The van der Waals surface area contributed by atoms with Crippen molar-refractivity contribution in [3.8, 4) is 0 Å². The molecule has 13 heteroatoms. The number of amides is 1. The number of carbonyl (C=O) groups is 1. The fourth-order valence-electron chi connectivity index (χ4n) is 3.21. The molecular weight excluding hydrogens is 494 g/mol. The van der Waals surface area contributed by atoms with Crippen LogP contribution in [0.25, 0.3) is 0 Å². The lowest BCUT2D eigenvalue weighted by atomic mass is 9.92. The van der Waals surface area contributed by atoms with E-state index in [0.29, 0.717) is 36.0 Å². The van der Waals surface area contributed by atoms with Gasteiger partial charge in [0.15, 0.2) is 0 Å². The van der Waals surface area contributed by atoms with E-state index in [1.807, 2.05) is 0 Å². The first kappa shape index (κ1) is 25.0. The molecule has 0 fully saturated rings. The second kappa shape index (κ2) is 9.72. The van der Waals surface area contributed by atoms with Crippen LogP contribution in [0.5, 0.6) is 0 Å². The number of benzene rings is 1. The summed E-state index contributed by atoms with van der Waals surface area (Å²) in [5.41, 5.74) is -2.42. The normalized spacial score (nSPS) is 14.9. The van der Waals surface area contributed by atoms with Crippen molar-refractivity contribution in [1.82, 2.24) is 10.3 Å². The van der Waals surface area contributed by atoms with Gasteiger partial charge in [0.1, 0.15) is 16.4 Å². The Labute approximate surface area is 193 Å². The molecule has 1 aliphatic rings. The largest absolute Gasteiger partial charge is 0.432 e. The second-order valence-electron chi connectivity index (χ2n) is 7.16. The third-order valence-electron chi connectivity index (χ3n) is 4.83. The van der Waals surface area contributed by atoms with Gasteiger partial charge in [-0.25, -0.2) is 4.98 Å². The lowest BCUT2D eigenvalue weighted by Gasteiger charge is -2.23. The van der Waals surface area contributed by atoms with E-state index in [1.165, 1.54) is 5.38 Å². The molecule has 1 heterocycles. The van der Waals surface area contributed by atoms with E-state index in [0.717, 1.165) is 23.5 Å².